The van der Waals surface area contributed by atoms with Gasteiger partial charge >= 0.3 is 0 Å². The maximum Gasteiger partial charge on any atom is -0.0414 e. The van der Waals surface area contributed by atoms with Crippen LogP contribution in [0.1, 0.15) is 46.5 Å². The third-order valence-electron chi connectivity index (χ3n) is 1.69. The third kappa shape index (κ3) is 5.88. The molecule has 0 aliphatic carbocycles. The zero-order chi connectivity index (χ0) is 7.11. The van der Waals surface area contributed by atoms with Crippen LogP contribution in [0.2, 0.25) is 0 Å². The molecule has 1 radical (unpaired) electrons. The Balaban J connectivity index is 2.95. The van der Waals surface area contributed by atoms with Crippen LogP contribution in [-0.4, -0.2) is 0 Å². The van der Waals surface area contributed by atoms with Gasteiger partial charge in [0.15, 0.2) is 0 Å². The molecule has 0 aliphatic rings. The van der Waals surface area contributed by atoms with Crippen LogP contribution in [-0.2, 0) is 0 Å². The molecule has 0 N–H and O–H groups in total. The summed E-state index contributed by atoms with van der Waals surface area (Å²) in [5.74, 6) is 0.912. The quantitative estimate of drug-likeness (QED) is 0.530. The number of rotatable bonds is 5. The Morgan fingerprint density at radius 2 is 2.11 bits per heavy atom. The van der Waals surface area contributed by atoms with Crippen LogP contribution in [0.15, 0.2) is 0 Å². The van der Waals surface area contributed by atoms with Crippen molar-refractivity contribution in [1.82, 2.24) is 0 Å². The number of hydrogen-bond donors (Lipinski definition) is 0. The third-order valence-corrected chi connectivity index (χ3v) is 1.69. The lowest BCUT2D eigenvalue weighted by atomic mass is 10.00. The molecule has 0 rings (SSSR count). The molecular formula is C9H19. The minimum atomic E-state index is 0.912. The molecule has 1 atom stereocenters. The summed E-state index contributed by atoms with van der Waals surface area (Å²) in [6.45, 7) is 6.72. The molecule has 9 heavy (non-hydrogen) atoms. The Morgan fingerprint density at radius 1 is 1.44 bits per heavy atom. The molecule has 1 unspecified atom stereocenters. The minimum Gasteiger partial charge on any atom is -0.0654 e. The summed E-state index contributed by atoms with van der Waals surface area (Å²) >= 11 is 0. The fraction of sp³-hybridized carbons (Fsp3) is 0.889. The molecule has 0 bridgehead atoms. The monoisotopic (exact) mass is 127 g/mol. The molecule has 0 aromatic rings. The van der Waals surface area contributed by atoms with Crippen molar-refractivity contribution < 1.29 is 0 Å². The van der Waals surface area contributed by atoms with E-state index in [1.54, 1.807) is 0 Å². The average Bonchev–Trinajstić information content (AvgIpc) is 1.85. The minimum absolute atomic E-state index is 0.912. The van der Waals surface area contributed by atoms with Crippen LogP contribution < -0.4 is 0 Å². The Morgan fingerprint density at radius 3 is 2.56 bits per heavy atom. The second kappa shape index (κ2) is 6.12. The molecule has 0 fully saturated rings. The first-order chi connectivity index (χ1) is 4.31. The van der Waals surface area contributed by atoms with E-state index in [-0.39, 0.29) is 0 Å². The molecule has 0 heteroatoms. The van der Waals surface area contributed by atoms with Crippen molar-refractivity contribution in [2.75, 3.05) is 0 Å². The Hall–Kier alpha value is 0. The highest BCUT2D eigenvalue weighted by Gasteiger charge is 1.97. The van der Waals surface area contributed by atoms with Crippen molar-refractivity contribution in [2.24, 2.45) is 5.92 Å². The topological polar surface area (TPSA) is 0 Å². The fourth-order valence-corrected chi connectivity index (χ4v) is 1.07. The van der Waals surface area contributed by atoms with E-state index >= 15 is 0 Å². The smallest absolute Gasteiger partial charge is 0.0414 e. The van der Waals surface area contributed by atoms with Gasteiger partial charge in [-0.15, -0.1) is 0 Å². The van der Waals surface area contributed by atoms with Gasteiger partial charge in [-0.05, 0) is 18.8 Å². The van der Waals surface area contributed by atoms with E-state index in [1.165, 1.54) is 25.7 Å². The van der Waals surface area contributed by atoms with Gasteiger partial charge in [0.05, 0.1) is 0 Å². The number of unbranched alkanes of at least 4 members (excludes halogenated alkanes) is 1. The summed E-state index contributed by atoms with van der Waals surface area (Å²) in [6, 6.07) is 0. The molecule has 0 nitrogen and oxygen atoms in total. The van der Waals surface area contributed by atoms with Gasteiger partial charge < -0.3 is 0 Å². The molecule has 55 valence electrons. The first-order valence-electron chi connectivity index (χ1n) is 4.09. The van der Waals surface area contributed by atoms with Gasteiger partial charge in [-0.25, -0.2) is 0 Å². The van der Waals surface area contributed by atoms with E-state index in [0.717, 1.165) is 5.92 Å². The molecule has 0 spiro atoms. The lowest BCUT2D eigenvalue weighted by Crippen LogP contribution is -1.92. The van der Waals surface area contributed by atoms with Crippen molar-refractivity contribution >= 4 is 0 Å². The van der Waals surface area contributed by atoms with E-state index in [0.29, 0.717) is 0 Å². The maximum atomic E-state index is 2.33. The molecule has 0 aliphatic heterocycles. The van der Waals surface area contributed by atoms with Crippen molar-refractivity contribution in [3.63, 3.8) is 0 Å². The van der Waals surface area contributed by atoms with Crippen LogP contribution in [0, 0.1) is 12.3 Å². The van der Waals surface area contributed by atoms with Crippen LogP contribution in [0.4, 0.5) is 0 Å². The predicted octanol–water partition coefficient (Wildman–Crippen LogP) is 3.43. The van der Waals surface area contributed by atoms with Gasteiger partial charge in [0.1, 0.15) is 0 Å². The fourth-order valence-electron chi connectivity index (χ4n) is 1.07. The average molecular weight is 127 g/mol. The SMILES string of the molecule is C[CH]CC(C)CCCC. The lowest BCUT2D eigenvalue weighted by Gasteiger charge is -2.06. The van der Waals surface area contributed by atoms with Gasteiger partial charge in [-0.1, -0.05) is 40.0 Å². The van der Waals surface area contributed by atoms with Crippen LogP contribution in [0.3, 0.4) is 0 Å². The van der Waals surface area contributed by atoms with Crippen LogP contribution in [0.5, 0.6) is 0 Å². The van der Waals surface area contributed by atoms with E-state index < -0.39 is 0 Å². The van der Waals surface area contributed by atoms with Gasteiger partial charge in [-0.3, -0.25) is 0 Å². The summed E-state index contributed by atoms with van der Waals surface area (Å²) in [7, 11) is 0. The van der Waals surface area contributed by atoms with Gasteiger partial charge in [0.2, 0.25) is 0 Å². The van der Waals surface area contributed by atoms with Crippen molar-refractivity contribution in [3.05, 3.63) is 6.42 Å². The second-order valence-corrected chi connectivity index (χ2v) is 2.89. The lowest BCUT2D eigenvalue weighted by molar-refractivity contribution is 0.499. The van der Waals surface area contributed by atoms with Crippen molar-refractivity contribution in [1.29, 1.82) is 0 Å². The Kier molecular flexibility index (Phi) is 6.12. The van der Waals surface area contributed by atoms with Crippen molar-refractivity contribution in [3.8, 4) is 0 Å². The van der Waals surface area contributed by atoms with E-state index in [4.69, 9.17) is 0 Å². The number of hydrogen-bond acceptors (Lipinski definition) is 0. The normalized spacial score (nSPS) is 13.7. The van der Waals surface area contributed by atoms with Gasteiger partial charge in [-0.2, -0.15) is 0 Å². The second-order valence-electron chi connectivity index (χ2n) is 2.89. The highest BCUT2D eigenvalue weighted by molar-refractivity contribution is 4.62. The Labute approximate surface area is 59.7 Å². The molecule has 0 saturated heterocycles. The standard InChI is InChI=1S/C9H19/c1-4-6-8-9(3)7-5-2/h5,9H,4,6-8H2,1-3H3. The summed E-state index contributed by atoms with van der Waals surface area (Å²) in [5, 5.41) is 0. The van der Waals surface area contributed by atoms with E-state index in [9.17, 15) is 0 Å². The van der Waals surface area contributed by atoms with E-state index in [1.807, 2.05) is 0 Å². The molecular weight excluding hydrogens is 108 g/mol. The molecule has 0 heterocycles. The molecule has 0 aromatic carbocycles. The first-order valence-corrected chi connectivity index (χ1v) is 4.09. The van der Waals surface area contributed by atoms with Crippen molar-refractivity contribution in [2.45, 2.75) is 46.5 Å². The zero-order valence-corrected chi connectivity index (χ0v) is 6.98. The molecule has 0 aromatic heterocycles. The summed E-state index contributed by atoms with van der Waals surface area (Å²) in [6.07, 6.45) is 7.70. The zero-order valence-electron chi connectivity index (χ0n) is 6.98. The summed E-state index contributed by atoms with van der Waals surface area (Å²) in [5.41, 5.74) is 0. The van der Waals surface area contributed by atoms with Crippen LogP contribution in [0.25, 0.3) is 0 Å². The van der Waals surface area contributed by atoms with E-state index in [2.05, 4.69) is 27.2 Å². The first kappa shape index (κ1) is 9.00. The van der Waals surface area contributed by atoms with Gasteiger partial charge in [0.25, 0.3) is 0 Å². The highest BCUT2D eigenvalue weighted by Crippen LogP contribution is 2.12. The Bertz CT molecular complexity index is 48.0. The predicted molar refractivity (Wildman–Crippen MR) is 43.3 cm³/mol. The highest BCUT2D eigenvalue weighted by atomic mass is 14.0. The summed E-state index contributed by atoms with van der Waals surface area (Å²) in [4.78, 5) is 0. The van der Waals surface area contributed by atoms with Crippen LogP contribution >= 0.6 is 0 Å². The maximum absolute atomic E-state index is 2.33. The molecule has 0 saturated carbocycles. The molecule has 0 amide bonds. The largest absolute Gasteiger partial charge is 0.0654 e. The van der Waals surface area contributed by atoms with Gasteiger partial charge in [0, 0.05) is 0 Å². The summed E-state index contributed by atoms with van der Waals surface area (Å²) < 4.78 is 0.